The molecule has 0 aliphatic rings. The molecule has 0 heterocycles. The number of ether oxygens (including phenoxy) is 3. The van der Waals surface area contributed by atoms with Crippen molar-refractivity contribution in [1.29, 1.82) is 0 Å². The average molecular weight is 858 g/mol. The predicted octanol–water partition coefficient (Wildman–Crippen LogP) is 4.37. The molecule has 16 heteroatoms. The van der Waals surface area contributed by atoms with Gasteiger partial charge in [-0.25, -0.2) is 27.5 Å². The summed E-state index contributed by atoms with van der Waals surface area (Å²) in [6, 6.07) is 30.8. The third-order valence-electron chi connectivity index (χ3n) is 9.71. The van der Waals surface area contributed by atoms with E-state index in [1.54, 1.807) is 72.8 Å². The van der Waals surface area contributed by atoms with Crippen LogP contribution in [0.3, 0.4) is 0 Å². The molecule has 0 aromatic heterocycles. The van der Waals surface area contributed by atoms with E-state index >= 15 is 0 Å². The van der Waals surface area contributed by atoms with Crippen molar-refractivity contribution in [3.63, 3.8) is 0 Å². The standard InChI is InChI=1S/C45H55N5O10S/c1-33-23-25-37(26-24-33)61(56,57)48-29-15-13-27-45(46,43(54)59-31-35-18-8-4-9-19-35)42(53)50-39(30-34-16-6-3-7-17-34)40(51)49-38(41(52)58-2)22-12-14-28-47-44(55)60-32-36-20-10-5-11-21-36/h3-11,16-21,23-26,38-39,48H,12-15,22,27-32,46H2,1-2H3,(H,47,55)(H,49,51)(H,50,53)/t38-,39-,45+/m0/s1. The number of sulfonamides is 1. The Kier molecular flexibility index (Phi) is 18.9. The minimum atomic E-state index is -3.81. The molecule has 0 spiro atoms. The van der Waals surface area contributed by atoms with E-state index in [0.29, 0.717) is 24.0 Å². The van der Waals surface area contributed by atoms with Crippen molar-refractivity contribution in [2.75, 3.05) is 20.2 Å². The zero-order valence-electron chi connectivity index (χ0n) is 34.5. The Hall–Kier alpha value is -6.10. The monoisotopic (exact) mass is 857 g/mol. The largest absolute Gasteiger partial charge is 0.467 e. The van der Waals surface area contributed by atoms with Crippen LogP contribution in [0.5, 0.6) is 0 Å². The molecule has 0 fully saturated rings. The summed E-state index contributed by atoms with van der Waals surface area (Å²) in [6.45, 7) is 2.03. The fraction of sp³-hybridized carbons (Fsp3) is 0.356. The Labute approximate surface area is 357 Å². The van der Waals surface area contributed by atoms with E-state index in [1.165, 1.54) is 19.2 Å². The molecule has 0 aliphatic heterocycles. The number of aryl methyl sites for hydroxylation is 1. The molecule has 15 nitrogen and oxygen atoms in total. The number of methoxy groups -OCH3 is 1. The molecule has 326 valence electrons. The summed E-state index contributed by atoms with van der Waals surface area (Å²) in [5.41, 5.74) is 7.40. The first kappa shape index (κ1) is 47.6. The lowest BCUT2D eigenvalue weighted by Crippen LogP contribution is -2.64. The van der Waals surface area contributed by atoms with Crippen molar-refractivity contribution >= 4 is 39.9 Å². The highest BCUT2D eigenvalue weighted by Crippen LogP contribution is 2.18. The normalized spacial score (nSPS) is 13.1. The highest BCUT2D eigenvalue weighted by Gasteiger charge is 2.45. The molecule has 61 heavy (non-hydrogen) atoms. The van der Waals surface area contributed by atoms with Gasteiger partial charge in [0.15, 0.2) is 5.54 Å². The van der Waals surface area contributed by atoms with Gasteiger partial charge in [0.05, 0.1) is 12.0 Å². The van der Waals surface area contributed by atoms with E-state index in [0.717, 1.165) is 11.1 Å². The van der Waals surface area contributed by atoms with Crippen molar-refractivity contribution in [2.45, 2.75) is 87.6 Å². The maximum Gasteiger partial charge on any atom is 0.407 e. The molecule has 6 N–H and O–H groups in total. The van der Waals surface area contributed by atoms with Gasteiger partial charge >= 0.3 is 18.0 Å². The van der Waals surface area contributed by atoms with Gasteiger partial charge in [0, 0.05) is 19.5 Å². The van der Waals surface area contributed by atoms with Crippen molar-refractivity contribution < 1.29 is 46.6 Å². The summed E-state index contributed by atoms with van der Waals surface area (Å²) in [4.78, 5) is 67.0. The molecule has 0 aliphatic carbocycles. The number of carbonyl (C=O) groups excluding carboxylic acids is 5. The van der Waals surface area contributed by atoms with Gasteiger partial charge in [-0.1, -0.05) is 109 Å². The van der Waals surface area contributed by atoms with Crippen molar-refractivity contribution in [1.82, 2.24) is 20.7 Å². The van der Waals surface area contributed by atoms with Crippen molar-refractivity contribution in [3.8, 4) is 0 Å². The second kappa shape index (κ2) is 24.2. The zero-order valence-corrected chi connectivity index (χ0v) is 35.3. The van der Waals surface area contributed by atoms with Crippen LogP contribution in [0.2, 0.25) is 0 Å². The second-order valence-electron chi connectivity index (χ2n) is 14.5. The number of nitrogens with one attached hydrogen (secondary N) is 4. The lowest BCUT2D eigenvalue weighted by atomic mass is 9.91. The number of esters is 2. The van der Waals surface area contributed by atoms with Crippen LogP contribution in [0, 0.1) is 6.92 Å². The number of amides is 3. The lowest BCUT2D eigenvalue weighted by molar-refractivity contribution is -0.157. The number of benzene rings is 4. The summed E-state index contributed by atoms with van der Waals surface area (Å²) in [6.07, 6.45) is 0.448. The maximum atomic E-state index is 14.2. The Morgan fingerprint density at radius 2 is 1.23 bits per heavy atom. The minimum absolute atomic E-state index is 0.00463. The molecular weight excluding hydrogens is 803 g/mol. The van der Waals surface area contributed by atoms with Gasteiger partial charge in [-0.05, 0) is 74.3 Å². The SMILES string of the molecule is COC(=O)[C@H](CCCCNC(=O)OCc1ccccc1)NC(=O)[C@H](Cc1ccccc1)NC(=O)[C@](N)(CCCCNS(=O)(=O)c1ccc(C)cc1)C(=O)OCc1ccccc1. The topological polar surface area (TPSA) is 221 Å². The summed E-state index contributed by atoms with van der Waals surface area (Å²) in [5.74, 6) is -3.50. The van der Waals surface area contributed by atoms with Crippen LogP contribution in [0.25, 0.3) is 0 Å². The van der Waals surface area contributed by atoms with E-state index in [-0.39, 0.29) is 63.3 Å². The average Bonchev–Trinajstić information content (AvgIpc) is 3.27. The first-order valence-electron chi connectivity index (χ1n) is 20.0. The van der Waals surface area contributed by atoms with E-state index < -0.39 is 57.5 Å². The van der Waals surface area contributed by atoms with Gasteiger partial charge < -0.3 is 35.9 Å². The fourth-order valence-electron chi connectivity index (χ4n) is 6.14. The molecule has 0 saturated heterocycles. The van der Waals surface area contributed by atoms with Gasteiger partial charge in [-0.3, -0.25) is 9.59 Å². The molecule has 4 aromatic carbocycles. The van der Waals surface area contributed by atoms with Gasteiger partial charge in [0.25, 0.3) is 5.91 Å². The quantitative estimate of drug-likeness (QED) is 0.0288. The number of unbranched alkanes of at least 4 members (excludes halogenated alkanes) is 2. The van der Waals surface area contributed by atoms with Crippen LogP contribution < -0.4 is 26.4 Å². The highest BCUT2D eigenvalue weighted by molar-refractivity contribution is 7.89. The minimum Gasteiger partial charge on any atom is -0.467 e. The van der Waals surface area contributed by atoms with Crippen LogP contribution in [-0.4, -0.2) is 76.1 Å². The molecular formula is C45H55N5O10S. The van der Waals surface area contributed by atoms with Crippen LogP contribution in [0.4, 0.5) is 4.79 Å². The van der Waals surface area contributed by atoms with Gasteiger partial charge in [0.2, 0.25) is 15.9 Å². The lowest BCUT2D eigenvalue weighted by Gasteiger charge is -2.29. The van der Waals surface area contributed by atoms with Crippen molar-refractivity contribution in [3.05, 3.63) is 138 Å². The summed E-state index contributed by atoms with van der Waals surface area (Å²) < 4.78 is 43.9. The van der Waals surface area contributed by atoms with Crippen LogP contribution in [0.15, 0.2) is 120 Å². The smallest absolute Gasteiger partial charge is 0.407 e. The van der Waals surface area contributed by atoms with E-state index in [1.807, 2.05) is 37.3 Å². The van der Waals surface area contributed by atoms with Gasteiger partial charge in [-0.15, -0.1) is 0 Å². The number of rotatable bonds is 24. The number of nitrogens with two attached hydrogens (primary N) is 1. The van der Waals surface area contributed by atoms with E-state index in [9.17, 15) is 32.4 Å². The number of alkyl carbamates (subject to hydrolysis) is 1. The Bertz CT molecular complexity index is 2130. The van der Waals surface area contributed by atoms with Gasteiger partial charge in [0.1, 0.15) is 25.3 Å². The molecule has 4 rings (SSSR count). The number of hydrogen-bond donors (Lipinski definition) is 5. The third-order valence-corrected chi connectivity index (χ3v) is 11.2. The molecule has 0 saturated carbocycles. The number of carbonyl (C=O) groups is 5. The molecule has 3 amide bonds. The van der Waals surface area contributed by atoms with E-state index in [4.69, 9.17) is 19.9 Å². The Balaban J connectivity index is 1.42. The summed E-state index contributed by atoms with van der Waals surface area (Å²) >= 11 is 0. The first-order valence-corrected chi connectivity index (χ1v) is 21.5. The summed E-state index contributed by atoms with van der Waals surface area (Å²) in [7, 11) is -2.63. The fourth-order valence-corrected chi connectivity index (χ4v) is 7.22. The second-order valence-corrected chi connectivity index (χ2v) is 16.3. The predicted molar refractivity (Wildman–Crippen MR) is 228 cm³/mol. The summed E-state index contributed by atoms with van der Waals surface area (Å²) in [5, 5.41) is 8.00. The molecule has 3 atom stereocenters. The Morgan fingerprint density at radius 1 is 0.672 bits per heavy atom. The van der Waals surface area contributed by atoms with Crippen LogP contribution in [0.1, 0.15) is 60.8 Å². The van der Waals surface area contributed by atoms with Crippen molar-refractivity contribution in [2.24, 2.45) is 5.73 Å². The first-order chi connectivity index (χ1) is 29.3. The van der Waals surface area contributed by atoms with E-state index in [2.05, 4.69) is 20.7 Å². The molecule has 0 radical (unpaired) electrons. The Morgan fingerprint density at radius 3 is 1.82 bits per heavy atom. The van der Waals surface area contributed by atoms with Crippen LogP contribution >= 0.6 is 0 Å². The zero-order chi connectivity index (χ0) is 44.1. The van der Waals surface area contributed by atoms with Gasteiger partial charge in [-0.2, -0.15) is 0 Å². The molecule has 0 unspecified atom stereocenters. The van der Waals surface area contributed by atoms with Crippen LogP contribution in [-0.2, 0) is 63.0 Å². The molecule has 0 bridgehead atoms. The maximum absolute atomic E-state index is 14.2. The molecule has 4 aromatic rings. The number of hydrogen-bond acceptors (Lipinski definition) is 11. The third kappa shape index (κ3) is 15.8. The highest BCUT2D eigenvalue weighted by atomic mass is 32.2.